The standard InChI is InChI=1S/C10H10N2O5S2/c1-12(4-7-2-3-17-5-7)19(15,16)10-8(9(13)14)11-6-18-10/h2-3,5-6H,4H2,1H3,(H,13,14). The number of hydrogen-bond acceptors (Lipinski definition) is 6. The molecule has 0 bridgehead atoms. The second-order valence-electron chi connectivity index (χ2n) is 3.69. The van der Waals surface area contributed by atoms with E-state index in [1.165, 1.54) is 25.1 Å². The van der Waals surface area contributed by atoms with Crippen LogP contribution in [0, 0.1) is 0 Å². The summed E-state index contributed by atoms with van der Waals surface area (Å²) in [7, 11) is -2.51. The molecule has 0 aliphatic carbocycles. The summed E-state index contributed by atoms with van der Waals surface area (Å²) in [6, 6.07) is 1.64. The maximum Gasteiger partial charge on any atom is 0.356 e. The van der Waals surface area contributed by atoms with Gasteiger partial charge in [0, 0.05) is 19.2 Å². The van der Waals surface area contributed by atoms with E-state index in [-0.39, 0.29) is 10.8 Å². The monoisotopic (exact) mass is 302 g/mol. The van der Waals surface area contributed by atoms with Crippen LogP contribution in [-0.4, -0.2) is 35.8 Å². The molecule has 0 aliphatic rings. The molecule has 0 aliphatic heterocycles. The van der Waals surface area contributed by atoms with Gasteiger partial charge in [-0.3, -0.25) is 0 Å². The zero-order valence-corrected chi connectivity index (χ0v) is 11.4. The lowest BCUT2D eigenvalue weighted by Gasteiger charge is -2.15. The van der Waals surface area contributed by atoms with E-state index in [9.17, 15) is 13.2 Å². The summed E-state index contributed by atoms with van der Waals surface area (Å²) in [6.07, 6.45) is 2.86. The maximum atomic E-state index is 12.2. The Bertz CT molecular complexity index is 675. The normalized spacial score (nSPS) is 11.9. The van der Waals surface area contributed by atoms with Gasteiger partial charge >= 0.3 is 5.97 Å². The first-order valence-corrected chi connectivity index (χ1v) is 7.39. The van der Waals surface area contributed by atoms with Gasteiger partial charge in [0.05, 0.1) is 18.0 Å². The van der Waals surface area contributed by atoms with E-state index < -0.39 is 21.7 Å². The number of carboxylic acids is 1. The molecular weight excluding hydrogens is 292 g/mol. The molecule has 19 heavy (non-hydrogen) atoms. The SMILES string of the molecule is CN(Cc1ccoc1)S(=O)(=O)c1scnc1C(=O)O. The van der Waals surface area contributed by atoms with E-state index in [0.717, 1.165) is 15.6 Å². The Morgan fingerprint density at radius 3 is 2.89 bits per heavy atom. The minimum atomic E-state index is -3.88. The fourth-order valence-electron chi connectivity index (χ4n) is 1.43. The van der Waals surface area contributed by atoms with Crippen molar-refractivity contribution < 1.29 is 22.7 Å². The quantitative estimate of drug-likeness (QED) is 0.892. The van der Waals surface area contributed by atoms with Gasteiger partial charge in [-0.1, -0.05) is 0 Å². The molecule has 1 N–H and O–H groups in total. The summed E-state index contributed by atoms with van der Waals surface area (Å²) in [6.45, 7) is 0.0930. The summed E-state index contributed by atoms with van der Waals surface area (Å²) in [4.78, 5) is 14.5. The van der Waals surface area contributed by atoms with Crippen molar-refractivity contribution >= 4 is 27.3 Å². The molecule has 0 spiro atoms. The Morgan fingerprint density at radius 2 is 2.32 bits per heavy atom. The van der Waals surface area contributed by atoms with Crippen LogP contribution < -0.4 is 0 Å². The van der Waals surface area contributed by atoms with Gasteiger partial charge in [0.25, 0.3) is 10.0 Å². The van der Waals surface area contributed by atoms with Crippen LogP contribution in [-0.2, 0) is 16.6 Å². The molecule has 0 saturated carbocycles. The van der Waals surface area contributed by atoms with E-state index in [2.05, 4.69) is 4.98 Å². The van der Waals surface area contributed by atoms with Gasteiger partial charge in [-0.15, -0.1) is 11.3 Å². The fraction of sp³-hybridized carbons (Fsp3) is 0.200. The Balaban J connectivity index is 2.31. The third-order valence-electron chi connectivity index (χ3n) is 2.37. The van der Waals surface area contributed by atoms with Crippen molar-refractivity contribution in [1.82, 2.24) is 9.29 Å². The topological polar surface area (TPSA) is 101 Å². The molecule has 0 amide bonds. The highest BCUT2D eigenvalue weighted by Gasteiger charge is 2.29. The largest absolute Gasteiger partial charge is 0.476 e. The zero-order chi connectivity index (χ0) is 14.0. The average molecular weight is 302 g/mol. The van der Waals surface area contributed by atoms with Crippen LogP contribution in [0.5, 0.6) is 0 Å². The number of thiazole rings is 1. The van der Waals surface area contributed by atoms with Gasteiger partial charge in [-0.25, -0.2) is 18.2 Å². The summed E-state index contributed by atoms with van der Waals surface area (Å²) in [5.41, 5.74) is 1.42. The second-order valence-corrected chi connectivity index (χ2v) is 6.78. The molecule has 2 aromatic rings. The van der Waals surface area contributed by atoms with Crippen LogP contribution in [0.3, 0.4) is 0 Å². The van der Waals surface area contributed by atoms with Crippen molar-refractivity contribution in [3.05, 3.63) is 35.4 Å². The number of nitrogens with zero attached hydrogens (tertiary/aromatic N) is 2. The van der Waals surface area contributed by atoms with Gasteiger partial charge in [0.1, 0.15) is 0 Å². The third kappa shape index (κ3) is 2.67. The summed E-state index contributed by atoms with van der Waals surface area (Å²) < 4.78 is 30.1. The maximum absolute atomic E-state index is 12.2. The lowest BCUT2D eigenvalue weighted by molar-refractivity contribution is 0.0687. The van der Waals surface area contributed by atoms with E-state index in [0.29, 0.717) is 5.56 Å². The van der Waals surface area contributed by atoms with Crippen molar-refractivity contribution in [2.45, 2.75) is 10.8 Å². The molecule has 0 unspecified atom stereocenters. The third-order valence-corrected chi connectivity index (χ3v) is 5.52. The number of sulfonamides is 1. The Labute approximate surface area is 113 Å². The first kappa shape index (κ1) is 13.7. The van der Waals surface area contributed by atoms with Gasteiger partial charge < -0.3 is 9.52 Å². The average Bonchev–Trinajstić information content (AvgIpc) is 2.98. The molecule has 7 nitrogen and oxygen atoms in total. The van der Waals surface area contributed by atoms with Crippen molar-refractivity contribution in [2.24, 2.45) is 0 Å². The van der Waals surface area contributed by atoms with Crippen LogP contribution in [0.1, 0.15) is 16.1 Å². The minimum absolute atomic E-state index is 0.0930. The van der Waals surface area contributed by atoms with Crippen LogP contribution in [0.15, 0.2) is 32.7 Å². The van der Waals surface area contributed by atoms with E-state index in [4.69, 9.17) is 9.52 Å². The minimum Gasteiger partial charge on any atom is -0.476 e. The highest BCUT2D eigenvalue weighted by Crippen LogP contribution is 2.24. The van der Waals surface area contributed by atoms with Crippen LogP contribution >= 0.6 is 11.3 Å². The van der Waals surface area contributed by atoms with Crippen LogP contribution in [0.25, 0.3) is 0 Å². The van der Waals surface area contributed by atoms with Gasteiger partial charge in [-0.05, 0) is 6.07 Å². The zero-order valence-electron chi connectivity index (χ0n) is 9.81. The summed E-state index contributed by atoms with van der Waals surface area (Å²) in [5.74, 6) is -1.36. The molecule has 102 valence electrons. The van der Waals surface area contributed by atoms with E-state index in [1.807, 2.05) is 0 Å². The van der Waals surface area contributed by atoms with Crippen molar-refractivity contribution in [3.63, 3.8) is 0 Å². The lowest BCUT2D eigenvalue weighted by atomic mass is 10.3. The number of carbonyl (C=O) groups is 1. The molecule has 2 heterocycles. The number of aromatic carboxylic acids is 1. The number of furan rings is 1. The van der Waals surface area contributed by atoms with Crippen molar-refractivity contribution in [2.75, 3.05) is 7.05 Å². The molecule has 0 fully saturated rings. The Kier molecular flexibility index (Phi) is 3.69. The number of aromatic nitrogens is 1. The first-order chi connectivity index (χ1) is 8.93. The van der Waals surface area contributed by atoms with Crippen LogP contribution in [0.2, 0.25) is 0 Å². The molecule has 0 atom stereocenters. The Hall–Kier alpha value is -1.71. The predicted octanol–water partition coefficient (Wildman–Crippen LogP) is 1.26. The van der Waals surface area contributed by atoms with Gasteiger partial charge in [0.2, 0.25) is 0 Å². The lowest BCUT2D eigenvalue weighted by Crippen LogP contribution is -2.27. The predicted molar refractivity (Wildman–Crippen MR) is 66.4 cm³/mol. The molecule has 0 aromatic carbocycles. The summed E-state index contributed by atoms with van der Waals surface area (Å²) in [5, 5.41) is 8.90. The molecular formula is C10H10N2O5S2. The van der Waals surface area contributed by atoms with Gasteiger partial charge in [-0.2, -0.15) is 4.31 Å². The van der Waals surface area contributed by atoms with Gasteiger partial charge in [0.15, 0.2) is 9.90 Å². The second kappa shape index (κ2) is 5.11. The molecule has 9 heteroatoms. The summed E-state index contributed by atoms with van der Waals surface area (Å²) >= 11 is 0.781. The highest BCUT2D eigenvalue weighted by atomic mass is 32.2. The van der Waals surface area contributed by atoms with E-state index >= 15 is 0 Å². The van der Waals surface area contributed by atoms with Crippen molar-refractivity contribution in [1.29, 1.82) is 0 Å². The number of carboxylic acid groups (broad SMARTS) is 1. The Morgan fingerprint density at radius 1 is 1.58 bits per heavy atom. The van der Waals surface area contributed by atoms with Crippen molar-refractivity contribution in [3.8, 4) is 0 Å². The number of hydrogen-bond donors (Lipinski definition) is 1. The molecule has 0 radical (unpaired) electrons. The fourth-order valence-corrected chi connectivity index (χ4v) is 3.92. The molecule has 2 aromatic heterocycles. The number of rotatable bonds is 5. The molecule has 2 rings (SSSR count). The van der Waals surface area contributed by atoms with Crippen LogP contribution in [0.4, 0.5) is 0 Å². The first-order valence-electron chi connectivity index (χ1n) is 5.07. The van der Waals surface area contributed by atoms with E-state index in [1.54, 1.807) is 6.07 Å². The molecule has 0 saturated heterocycles. The smallest absolute Gasteiger partial charge is 0.356 e. The highest BCUT2D eigenvalue weighted by molar-refractivity contribution is 7.91.